The SMILES string of the molecule is C/C=C/C(=O)c1cccc(Br)c1F. The predicted molar refractivity (Wildman–Crippen MR) is 53.2 cm³/mol. The Morgan fingerprint density at radius 2 is 2.23 bits per heavy atom. The summed E-state index contributed by atoms with van der Waals surface area (Å²) in [5.74, 6) is -0.827. The fraction of sp³-hybridized carbons (Fsp3) is 0.100. The van der Waals surface area contributed by atoms with Crippen LogP contribution in [0.15, 0.2) is 34.8 Å². The van der Waals surface area contributed by atoms with E-state index in [1.165, 1.54) is 12.1 Å². The van der Waals surface area contributed by atoms with Crippen LogP contribution in [0, 0.1) is 5.82 Å². The van der Waals surface area contributed by atoms with Crippen molar-refractivity contribution in [3.63, 3.8) is 0 Å². The Kier molecular flexibility index (Phi) is 3.37. The van der Waals surface area contributed by atoms with E-state index in [1.807, 2.05) is 0 Å². The molecular formula is C10H8BrFO. The van der Waals surface area contributed by atoms with Gasteiger partial charge in [-0.3, -0.25) is 4.79 Å². The second kappa shape index (κ2) is 4.33. The molecule has 0 aliphatic carbocycles. The van der Waals surface area contributed by atoms with E-state index < -0.39 is 5.82 Å². The van der Waals surface area contributed by atoms with Gasteiger partial charge in [0.2, 0.25) is 0 Å². The van der Waals surface area contributed by atoms with Gasteiger partial charge in [0.05, 0.1) is 10.0 Å². The normalized spacial score (nSPS) is 10.7. The van der Waals surface area contributed by atoms with Crippen LogP contribution in [0.4, 0.5) is 4.39 Å². The Balaban J connectivity index is 3.15. The Morgan fingerprint density at radius 3 is 2.85 bits per heavy atom. The average molecular weight is 243 g/mol. The smallest absolute Gasteiger partial charge is 0.188 e. The highest BCUT2D eigenvalue weighted by Crippen LogP contribution is 2.18. The monoisotopic (exact) mass is 242 g/mol. The largest absolute Gasteiger partial charge is 0.289 e. The van der Waals surface area contributed by atoms with Crippen LogP contribution in [-0.4, -0.2) is 5.78 Å². The van der Waals surface area contributed by atoms with E-state index in [-0.39, 0.29) is 11.3 Å². The van der Waals surface area contributed by atoms with Crippen LogP contribution < -0.4 is 0 Å². The third-order valence-electron chi connectivity index (χ3n) is 1.54. The maximum Gasteiger partial charge on any atom is 0.188 e. The number of allylic oxidation sites excluding steroid dienone is 2. The standard InChI is InChI=1S/C10H8BrFO/c1-2-4-9(13)7-5-3-6-8(11)10(7)12/h2-6H,1H3/b4-2+. The van der Waals surface area contributed by atoms with Crippen LogP contribution in [0.5, 0.6) is 0 Å². The van der Waals surface area contributed by atoms with Gasteiger partial charge >= 0.3 is 0 Å². The van der Waals surface area contributed by atoms with Crippen molar-refractivity contribution in [2.75, 3.05) is 0 Å². The minimum absolute atomic E-state index is 0.0903. The first-order valence-electron chi connectivity index (χ1n) is 3.78. The van der Waals surface area contributed by atoms with Gasteiger partial charge in [0.25, 0.3) is 0 Å². The van der Waals surface area contributed by atoms with Crippen molar-refractivity contribution in [3.8, 4) is 0 Å². The Bertz CT molecular complexity index is 358. The van der Waals surface area contributed by atoms with Gasteiger partial charge in [0.1, 0.15) is 5.82 Å². The summed E-state index contributed by atoms with van der Waals surface area (Å²) in [7, 11) is 0. The first-order valence-corrected chi connectivity index (χ1v) is 4.57. The molecule has 0 amide bonds. The molecule has 0 saturated heterocycles. The van der Waals surface area contributed by atoms with Crippen molar-refractivity contribution in [1.82, 2.24) is 0 Å². The van der Waals surface area contributed by atoms with Crippen LogP contribution in [0.3, 0.4) is 0 Å². The third-order valence-corrected chi connectivity index (χ3v) is 2.15. The number of ketones is 1. The lowest BCUT2D eigenvalue weighted by Crippen LogP contribution is -1.98. The summed E-state index contributed by atoms with van der Waals surface area (Å²) in [6.45, 7) is 1.72. The molecule has 1 rings (SSSR count). The summed E-state index contributed by atoms with van der Waals surface area (Å²) in [6.07, 6.45) is 2.92. The summed E-state index contributed by atoms with van der Waals surface area (Å²) in [4.78, 5) is 11.3. The lowest BCUT2D eigenvalue weighted by atomic mass is 10.1. The van der Waals surface area contributed by atoms with Gasteiger partial charge in [-0.05, 0) is 41.1 Å². The van der Waals surface area contributed by atoms with E-state index in [0.29, 0.717) is 4.47 Å². The molecule has 0 unspecified atom stereocenters. The number of benzene rings is 1. The molecule has 1 aromatic rings. The zero-order valence-corrected chi connectivity index (χ0v) is 8.64. The first kappa shape index (κ1) is 10.1. The second-order valence-corrected chi connectivity index (χ2v) is 3.32. The molecule has 0 aliphatic heterocycles. The van der Waals surface area contributed by atoms with Gasteiger partial charge in [-0.25, -0.2) is 4.39 Å². The maximum absolute atomic E-state index is 13.3. The lowest BCUT2D eigenvalue weighted by molar-refractivity contribution is 0.104. The fourth-order valence-corrected chi connectivity index (χ4v) is 1.30. The molecule has 0 spiro atoms. The van der Waals surface area contributed by atoms with Crippen molar-refractivity contribution in [2.24, 2.45) is 0 Å². The van der Waals surface area contributed by atoms with Crippen molar-refractivity contribution < 1.29 is 9.18 Å². The minimum Gasteiger partial charge on any atom is -0.289 e. The number of halogens is 2. The topological polar surface area (TPSA) is 17.1 Å². The zero-order valence-electron chi connectivity index (χ0n) is 7.05. The Labute approximate surface area is 84.4 Å². The van der Waals surface area contributed by atoms with E-state index in [9.17, 15) is 9.18 Å². The Hall–Kier alpha value is -0.960. The van der Waals surface area contributed by atoms with Crippen LogP contribution in [0.2, 0.25) is 0 Å². The molecule has 0 fully saturated rings. The summed E-state index contributed by atoms with van der Waals surface area (Å²) in [5, 5.41) is 0. The molecule has 0 aromatic heterocycles. The van der Waals surface area contributed by atoms with Crippen molar-refractivity contribution in [3.05, 3.63) is 46.2 Å². The molecule has 0 radical (unpaired) electrons. The quantitative estimate of drug-likeness (QED) is 0.575. The minimum atomic E-state index is -0.509. The highest BCUT2D eigenvalue weighted by atomic mass is 79.9. The van der Waals surface area contributed by atoms with E-state index in [2.05, 4.69) is 15.9 Å². The molecule has 0 heterocycles. The maximum atomic E-state index is 13.3. The second-order valence-electron chi connectivity index (χ2n) is 2.47. The van der Waals surface area contributed by atoms with Gasteiger partial charge in [0.15, 0.2) is 5.78 Å². The van der Waals surface area contributed by atoms with Gasteiger partial charge in [-0.2, -0.15) is 0 Å². The van der Waals surface area contributed by atoms with Crippen molar-refractivity contribution in [1.29, 1.82) is 0 Å². The highest BCUT2D eigenvalue weighted by molar-refractivity contribution is 9.10. The number of hydrogen-bond donors (Lipinski definition) is 0. The van der Waals surface area contributed by atoms with E-state index in [4.69, 9.17) is 0 Å². The fourth-order valence-electron chi connectivity index (χ4n) is 0.935. The number of carbonyl (C=O) groups is 1. The van der Waals surface area contributed by atoms with Gasteiger partial charge < -0.3 is 0 Å². The summed E-state index contributed by atoms with van der Waals surface area (Å²) >= 11 is 3.01. The Morgan fingerprint density at radius 1 is 1.54 bits per heavy atom. The van der Waals surface area contributed by atoms with E-state index >= 15 is 0 Å². The van der Waals surface area contributed by atoms with Gasteiger partial charge in [-0.1, -0.05) is 12.1 Å². The summed E-state index contributed by atoms with van der Waals surface area (Å²) in [5.41, 5.74) is 0.0903. The average Bonchev–Trinajstić information content (AvgIpc) is 2.10. The molecule has 1 aromatic carbocycles. The lowest BCUT2D eigenvalue weighted by Gasteiger charge is -1.99. The first-order chi connectivity index (χ1) is 6.16. The van der Waals surface area contributed by atoms with Crippen molar-refractivity contribution >= 4 is 21.7 Å². The third kappa shape index (κ3) is 2.25. The molecule has 13 heavy (non-hydrogen) atoms. The van der Waals surface area contributed by atoms with Crippen LogP contribution in [0.25, 0.3) is 0 Å². The van der Waals surface area contributed by atoms with Crippen LogP contribution >= 0.6 is 15.9 Å². The number of rotatable bonds is 2. The molecule has 68 valence electrons. The van der Waals surface area contributed by atoms with Crippen molar-refractivity contribution in [2.45, 2.75) is 6.92 Å². The molecule has 1 nitrogen and oxygen atoms in total. The molecule has 0 bridgehead atoms. The van der Waals surface area contributed by atoms with E-state index in [1.54, 1.807) is 25.1 Å². The molecule has 3 heteroatoms. The van der Waals surface area contributed by atoms with Crippen LogP contribution in [-0.2, 0) is 0 Å². The number of hydrogen-bond acceptors (Lipinski definition) is 1. The number of carbonyl (C=O) groups excluding carboxylic acids is 1. The van der Waals surface area contributed by atoms with Gasteiger partial charge in [-0.15, -0.1) is 0 Å². The zero-order chi connectivity index (χ0) is 9.84. The molecular weight excluding hydrogens is 235 g/mol. The molecule has 0 atom stereocenters. The molecule has 0 N–H and O–H groups in total. The predicted octanol–water partition coefficient (Wildman–Crippen LogP) is 3.35. The molecule has 0 saturated carbocycles. The summed E-state index contributed by atoms with van der Waals surface area (Å²) < 4.78 is 13.6. The van der Waals surface area contributed by atoms with E-state index in [0.717, 1.165) is 0 Å². The summed E-state index contributed by atoms with van der Waals surface area (Å²) in [6, 6.07) is 4.65. The highest BCUT2D eigenvalue weighted by Gasteiger charge is 2.10. The van der Waals surface area contributed by atoms with Crippen LogP contribution in [0.1, 0.15) is 17.3 Å². The molecule has 0 aliphatic rings. The van der Waals surface area contributed by atoms with Gasteiger partial charge in [0, 0.05) is 0 Å².